The lowest BCUT2D eigenvalue weighted by Gasteiger charge is -2.22. The van der Waals surface area contributed by atoms with Crippen LogP contribution in [0.5, 0.6) is 0 Å². The van der Waals surface area contributed by atoms with Gasteiger partial charge in [-0.2, -0.15) is 5.10 Å². The van der Waals surface area contributed by atoms with Gasteiger partial charge in [0, 0.05) is 13.0 Å². The van der Waals surface area contributed by atoms with Crippen molar-refractivity contribution in [2.45, 2.75) is 44.1 Å². The van der Waals surface area contributed by atoms with E-state index in [1.807, 2.05) is 40.3 Å². The Hall–Kier alpha value is -4.48. The number of hydrazone groups is 1. The second-order valence-electron chi connectivity index (χ2n) is 10.1. The lowest BCUT2D eigenvalue weighted by molar-refractivity contribution is -0.130. The van der Waals surface area contributed by atoms with Crippen molar-refractivity contribution in [3.05, 3.63) is 124 Å². The molecule has 1 atom stereocenters. The number of thiophene rings is 1. The van der Waals surface area contributed by atoms with Crippen LogP contribution in [0.25, 0.3) is 0 Å². The van der Waals surface area contributed by atoms with Crippen molar-refractivity contribution in [2.75, 3.05) is 5.75 Å². The molecular formula is C32H30N6O3S2. The summed E-state index contributed by atoms with van der Waals surface area (Å²) in [7, 11) is 0. The highest BCUT2D eigenvalue weighted by Gasteiger charge is 2.33. The zero-order chi connectivity index (χ0) is 29.6. The second-order valence-corrected chi connectivity index (χ2v) is 12.0. The molecule has 0 aliphatic carbocycles. The summed E-state index contributed by atoms with van der Waals surface area (Å²) in [5, 5.41) is 20.7. The highest BCUT2D eigenvalue weighted by molar-refractivity contribution is 7.99. The Morgan fingerprint density at radius 2 is 1.86 bits per heavy atom. The van der Waals surface area contributed by atoms with Crippen LogP contribution >= 0.6 is 23.1 Å². The molecule has 2 amide bonds. The summed E-state index contributed by atoms with van der Waals surface area (Å²) in [6.07, 6.45) is 2.86. The molecule has 43 heavy (non-hydrogen) atoms. The van der Waals surface area contributed by atoms with Crippen molar-refractivity contribution in [2.24, 2.45) is 5.10 Å². The van der Waals surface area contributed by atoms with Crippen LogP contribution in [-0.2, 0) is 24.3 Å². The molecule has 218 valence electrons. The number of aryl methyl sites for hydroxylation is 2. The van der Waals surface area contributed by atoms with Crippen LogP contribution in [0.2, 0.25) is 0 Å². The van der Waals surface area contributed by atoms with Gasteiger partial charge in [-0.05, 0) is 48.1 Å². The smallest absolute Gasteiger partial charge is 0.287 e. The van der Waals surface area contributed by atoms with E-state index >= 15 is 0 Å². The summed E-state index contributed by atoms with van der Waals surface area (Å²) in [5.41, 5.74) is 4.31. The first-order valence-corrected chi connectivity index (χ1v) is 15.8. The van der Waals surface area contributed by atoms with Gasteiger partial charge in [-0.1, -0.05) is 78.0 Å². The zero-order valence-corrected chi connectivity index (χ0v) is 25.2. The molecule has 9 nitrogen and oxygen atoms in total. The maximum Gasteiger partial charge on any atom is 0.287 e. The van der Waals surface area contributed by atoms with Gasteiger partial charge in [0.2, 0.25) is 0 Å². The highest BCUT2D eigenvalue weighted by atomic mass is 32.2. The number of carbonyl (C=O) groups is 2. The van der Waals surface area contributed by atoms with E-state index in [-0.39, 0.29) is 35.9 Å². The standard InChI is InChI=1S/C32H30N6O3S2/c1-22-11-13-24(14-12-22)26-19-25(28-10-6-18-42-28)36-38(26)30(39)21-43-32-35-34-29(20-33-31(40)27-9-5-17-41-27)37(32)16-15-23-7-3-2-4-8-23/h2-14,17-18,26H,15-16,19-21H2,1H3,(H,33,40)/t26-/m0/s1. The summed E-state index contributed by atoms with van der Waals surface area (Å²) in [5.74, 6) is 0.537. The van der Waals surface area contributed by atoms with Gasteiger partial charge in [-0.25, -0.2) is 5.01 Å². The van der Waals surface area contributed by atoms with E-state index in [4.69, 9.17) is 9.52 Å². The Balaban J connectivity index is 1.19. The number of amides is 2. The molecule has 0 saturated carbocycles. The van der Waals surface area contributed by atoms with Crippen LogP contribution in [0.4, 0.5) is 0 Å². The number of rotatable bonds is 11. The van der Waals surface area contributed by atoms with Gasteiger partial charge in [0.25, 0.3) is 11.8 Å². The van der Waals surface area contributed by atoms with E-state index in [0.717, 1.165) is 22.6 Å². The summed E-state index contributed by atoms with van der Waals surface area (Å²) < 4.78 is 7.17. The topological polar surface area (TPSA) is 106 Å². The summed E-state index contributed by atoms with van der Waals surface area (Å²) >= 11 is 2.96. The fourth-order valence-corrected chi connectivity index (χ4v) is 6.45. The van der Waals surface area contributed by atoms with Gasteiger partial charge in [0.15, 0.2) is 16.7 Å². The quantitative estimate of drug-likeness (QED) is 0.187. The zero-order valence-electron chi connectivity index (χ0n) is 23.6. The lowest BCUT2D eigenvalue weighted by atomic mass is 10.00. The SMILES string of the molecule is Cc1ccc([C@@H]2CC(c3cccs3)=NN2C(=O)CSc2nnc(CNC(=O)c3ccco3)n2CCc2ccccc2)cc1. The number of benzene rings is 2. The maximum absolute atomic E-state index is 13.7. The highest BCUT2D eigenvalue weighted by Crippen LogP contribution is 2.35. The van der Waals surface area contributed by atoms with Crippen LogP contribution in [0.1, 0.15) is 50.4 Å². The predicted octanol–water partition coefficient (Wildman–Crippen LogP) is 5.88. The minimum Gasteiger partial charge on any atom is -0.459 e. The number of nitrogens with zero attached hydrogens (tertiary/aromatic N) is 5. The molecule has 1 aliphatic heterocycles. The normalized spacial score (nSPS) is 14.6. The largest absolute Gasteiger partial charge is 0.459 e. The van der Waals surface area contributed by atoms with Gasteiger partial charge >= 0.3 is 0 Å². The first kappa shape index (κ1) is 28.6. The molecule has 3 aromatic heterocycles. The van der Waals surface area contributed by atoms with Crippen molar-refractivity contribution in [3.8, 4) is 0 Å². The van der Waals surface area contributed by atoms with E-state index < -0.39 is 0 Å². The van der Waals surface area contributed by atoms with Crippen LogP contribution in [0, 0.1) is 6.92 Å². The Labute approximate surface area is 257 Å². The second kappa shape index (κ2) is 13.2. The number of nitrogens with one attached hydrogen (secondary N) is 1. The molecule has 0 radical (unpaired) electrons. The van der Waals surface area contributed by atoms with E-state index in [0.29, 0.717) is 23.9 Å². The van der Waals surface area contributed by atoms with Gasteiger partial charge in [0.1, 0.15) is 0 Å². The van der Waals surface area contributed by atoms with Crippen LogP contribution in [0.15, 0.2) is 105 Å². The molecule has 0 spiro atoms. The molecule has 4 heterocycles. The number of aromatic nitrogens is 3. The van der Waals surface area contributed by atoms with Gasteiger partial charge in [-0.3, -0.25) is 9.59 Å². The third kappa shape index (κ3) is 6.79. The maximum atomic E-state index is 13.7. The number of thioether (sulfide) groups is 1. The first-order chi connectivity index (χ1) is 21.0. The van der Waals surface area contributed by atoms with Crippen molar-refractivity contribution >= 4 is 40.6 Å². The number of hydrogen-bond acceptors (Lipinski definition) is 8. The van der Waals surface area contributed by atoms with Gasteiger partial charge in [0.05, 0.1) is 35.2 Å². The molecule has 2 aromatic carbocycles. The molecule has 11 heteroatoms. The molecule has 5 aromatic rings. The van der Waals surface area contributed by atoms with E-state index in [1.54, 1.807) is 28.5 Å². The first-order valence-electron chi connectivity index (χ1n) is 14.0. The van der Waals surface area contributed by atoms with Crippen LogP contribution < -0.4 is 5.32 Å². The van der Waals surface area contributed by atoms with E-state index in [9.17, 15) is 9.59 Å². The molecule has 0 unspecified atom stereocenters. The van der Waals surface area contributed by atoms with Crippen molar-refractivity contribution in [1.82, 2.24) is 25.1 Å². The minimum absolute atomic E-state index is 0.104. The molecular weight excluding hydrogens is 581 g/mol. The summed E-state index contributed by atoms with van der Waals surface area (Å²) in [6.45, 7) is 2.82. The average molecular weight is 611 g/mol. The van der Waals surface area contributed by atoms with Gasteiger partial charge in [-0.15, -0.1) is 21.5 Å². The van der Waals surface area contributed by atoms with Crippen molar-refractivity contribution < 1.29 is 14.0 Å². The van der Waals surface area contributed by atoms with Gasteiger partial charge < -0.3 is 14.3 Å². The van der Waals surface area contributed by atoms with E-state index in [1.165, 1.54) is 29.2 Å². The lowest BCUT2D eigenvalue weighted by Crippen LogP contribution is -2.28. The van der Waals surface area contributed by atoms with Crippen molar-refractivity contribution in [1.29, 1.82) is 0 Å². The van der Waals surface area contributed by atoms with Crippen LogP contribution in [0.3, 0.4) is 0 Å². The molecule has 1 aliphatic rings. The molecule has 1 N–H and O–H groups in total. The summed E-state index contributed by atoms with van der Waals surface area (Å²) in [6, 6.07) is 25.6. The Bertz CT molecular complexity index is 1700. The average Bonchev–Trinajstić information content (AvgIpc) is 3.85. The minimum atomic E-state index is -0.331. The molecule has 0 bridgehead atoms. The monoisotopic (exact) mass is 610 g/mol. The molecule has 0 fully saturated rings. The number of hydrogen-bond donors (Lipinski definition) is 1. The predicted molar refractivity (Wildman–Crippen MR) is 167 cm³/mol. The fourth-order valence-electron chi connectivity index (χ4n) is 4.89. The fraction of sp³-hybridized carbons (Fsp3) is 0.219. The molecule has 0 saturated heterocycles. The number of carbonyl (C=O) groups excluding carboxylic acids is 2. The Kier molecular flexibility index (Phi) is 8.80. The van der Waals surface area contributed by atoms with E-state index in [2.05, 4.69) is 58.8 Å². The molecule has 6 rings (SSSR count). The Morgan fingerprint density at radius 3 is 2.60 bits per heavy atom. The van der Waals surface area contributed by atoms with Crippen LogP contribution in [-0.4, -0.2) is 43.1 Å². The number of furan rings is 1. The summed E-state index contributed by atoms with van der Waals surface area (Å²) in [4.78, 5) is 27.3. The van der Waals surface area contributed by atoms with Crippen molar-refractivity contribution in [3.63, 3.8) is 0 Å². The third-order valence-electron chi connectivity index (χ3n) is 7.17. The Morgan fingerprint density at radius 1 is 1.02 bits per heavy atom. The third-order valence-corrected chi connectivity index (χ3v) is 9.04.